The van der Waals surface area contributed by atoms with Crippen LogP contribution in [0.25, 0.3) is 11.5 Å². The summed E-state index contributed by atoms with van der Waals surface area (Å²) in [5, 5.41) is 10.8. The predicted molar refractivity (Wildman–Crippen MR) is 105 cm³/mol. The van der Waals surface area contributed by atoms with Gasteiger partial charge in [0, 0.05) is 23.7 Å². The molecular weight excluding hydrogens is 374 g/mol. The minimum absolute atomic E-state index is 0.116. The average Bonchev–Trinajstić information content (AvgIpc) is 3.21. The highest BCUT2D eigenvalue weighted by atomic mass is 16.6. The molecule has 0 saturated carbocycles. The number of hydrogen-bond donors (Lipinski definition) is 1. The highest BCUT2D eigenvalue weighted by molar-refractivity contribution is 5.92. The van der Waals surface area contributed by atoms with Crippen molar-refractivity contribution >= 4 is 11.6 Å². The first-order chi connectivity index (χ1) is 14.2. The van der Waals surface area contributed by atoms with Gasteiger partial charge in [-0.1, -0.05) is 6.92 Å². The van der Waals surface area contributed by atoms with Crippen LogP contribution in [0.3, 0.4) is 0 Å². The Morgan fingerprint density at radius 2 is 1.86 bits per heavy atom. The third-order valence-electron chi connectivity index (χ3n) is 4.23. The molecule has 1 aliphatic rings. The van der Waals surface area contributed by atoms with Crippen LogP contribution in [0.4, 0.5) is 5.69 Å². The lowest BCUT2D eigenvalue weighted by Gasteiger charge is -2.19. The van der Waals surface area contributed by atoms with E-state index in [0.29, 0.717) is 47.9 Å². The number of hydrogen-bond acceptors (Lipinski definition) is 7. The summed E-state index contributed by atoms with van der Waals surface area (Å²) < 4.78 is 22.1. The Labute approximate surface area is 167 Å². The van der Waals surface area contributed by atoms with Crippen molar-refractivity contribution in [3.8, 4) is 28.7 Å². The summed E-state index contributed by atoms with van der Waals surface area (Å²) in [6.07, 6.45) is 1.70. The molecule has 2 heterocycles. The lowest BCUT2D eigenvalue weighted by atomic mass is 10.2. The number of benzene rings is 2. The molecule has 0 spiro atoms. The van der Waals surface area contributed by atoms with Crippen molar-refractivity contribution in [1.82, 2.24) is 10.2 Å². The quantitative estimate of drug-likeness (QED) is 0.654. The summed E-state index contributed by atoms with van der Waals surface area (Å²) in [7, 11) is 0. The molecule has 4 rings (SSSR count). The summed E-state index contributed by atoms with van der Waals surface area (Å²) in [4.78, 5) is 12.2. The molecule has 1 amide bonds. The predicted octanol–water partition coefficient (Wildman–Crippen LogP) is 3.48. The number of rotatable bonds is 7. The van der Waals surface area contributed by atoms with Gasteiger partial charge in [0.1, 0.15) is 19.0 Å². The van der Waals surface area contributed by atoms with E-state index in [1.807, 2.05) is 12.1 Å². The van der Waals surface area contributed by atoms with E-state index in [1.54, 1.807) is 30.3 Å². The molecule has 0 aliphatic carbocycles. The van der Waals surface area contributed by atoms with Crippen LogP contribution in [0.2, 0.25) is 0 Å². The second kappa shape index (κ2) is 8.64. The number of anilines is 1. The summed E-state index contributed by atoms with van der Waals surface area (Å²) in [6.45, 7) is 2.96. The van der Waals surface area contributed by atoms with Gasteiger partial charge in [-0.15, -0.1) is 10.2 Å². The lowest BCUT2D eigenvalue weighted by molar-refractivity contribution is -0.118. The van der Waals surface area contributed by atoms with Gasteiger partial charge in [-0.2, -0.15) is 0 Å². The van der Waals surface area contributed by atoms with E-state index in [9.17, 15) is 4.79 Å². The Morgan fingerprint density at radius 1 is 1.07 bits per heavy atom. The van der Waals surface area contributed by atoms with Crippen LogP contribution in [0.15, 0.2) is 46.9 Å². The van der Waals surface area contributed by atoms with E-state index < -0.39 is 0 Å². The molecule has 1 aliphatic heterocycles. The van der Waals surface area contributed by atoms with Crippen molar-refractivity contribution in [3.05, 3.63) is 48.4 Å². The molecule has 2 aromatic carbocycles. The number of amides is 1. The molecule has 3 aromatic rings. The van der Waals surface area contributed by atoms with Crippen LogP contribution in [0, 0.1) is 0 Å². The maximum Gasteiger partial charge on any atom is 0.262 e. The van der Waals surface area contributed by atoms with E-state index in [4.69, 9.17) is 18.6 Å². The minimum Gasteiger partial charge on any atom is -0.486 e. The second-order valence-electron chi connectivity index (χ2n) is 6.47. The molecule has 0 fully saturated rings. The number of carbonyl (C=O) groups is 1. The molecule has 0 unspecified atom stereocenters. The van der Waals surface area contributed by atoms with E-state index >= 15 is 0 Å². The monoisotopic (exact) mass is 395 g/mol. The molecule has 29 heavy (non-hydrogen) atoms. The van der Waals surface area contributed by atoms with Crippen molar-refractivity contribution in [2.75, 3.05) is 25.1 Å². The van der Waals surface area contributed by atoms with Crippen LogP contribution < -0.4 is 19.5 Å². The highest BCUT2D eigenvalue weighted by Gasteiger charge is 2.13. The number of nitrogens with zero attached hydrogens (tertiary/aromatic N) is 2. The Bertz CT molecular complexity index is 984. The van der Waals surface area contributed by atoms with Gasteiger partial charge in [-0.3, -0.25) is 4.79 Å². The summed E-state index contributed by atoms with van der Waals surface area (Å²) in [6, 6.07) is 12.4. The average molecular weight is 395 g/mol. The molecule has 1 N–H and O–H groups in total. The first-order valence-corrected chi connectivity index (χ1v) is 9.46. The zero-order valence-corrected chi connectivity index (χ0v) is 16.0. The van der Waals surface area contributed by atoms with Crippen LogP contribution in [-0.4, -0.2) is 35.9 Å². The maximum absolute atomic E-state index is 12.2. The van der Waals surface area contributed by atoms with E-state index in [-0.39, 0.29) is 12.5 Å². The largest absolute Gasteiger partial charge is 0.486 e. The number of aromatic nitrogens is 2. The Hall–Kier alpha value is -3.55. The molecular formula is C21H21N3O5. The van der Waals surface area contributed by atoms with E-state index in [0.717, 1.165) is 18.4 Å². The van der Waals surface area contributed by atoms with Crippen molar-refractivity contribution in [3.63, 3.8) is 0 Å². The Balaban J connectivity index is 1.31. The zero-order chi connectivity index (χ0) is 20.1. The third-order valence-corrected chi connectivity index (χ3v) is 4.23. The number of aryl methyl sites for hydroxylation is 1. The fourth-order valence-electron chi connectivity index (χ4n) is 2.85. The molecule has 0 radical (unpaired) electrons. The molecule has 150 valence electrons. The van der Waals surface area contributed by atoms with E-state index in [1.165, 1.54) is 0 Å². The molecule has 8 nitrogen and oxygen atoms in total. The van der Waals surface area contributed by atoms with Crippen LogP contribution in [-0.2, 0) is 11.2 Å². The Kier molecular flexibility index (Phi) is 5.60. The summed E-state index contributed by atoms with van der Waals surface area (Å²) >= 11 is 0. The van der Waals surface area contributed by atoms with Crippen molar-refractivity contribution < 1.29 is 23.4 Å². The summed E-state index contributed by atoms with van der Waals surface area (Å²) in [5.74, 6) is 2.68. The van der Waals surface area contributed by atoms with Gasteiger partial charge in [0.25, 0.3) is 5.91 Å². The molecule has 8 heteroatoms. The van der Waals surface area contributed by atoms with Gasteiger partial charge in [0.05, 0.1) is 0 Å². The van der Waals surface area contributed by atoms with Gasteiger partial charge in [0.15, 0.2) is 18.1 Å². The van der Waals surface area contributed by atoms with Gasteiger partial charge < -0.3 is 23.9 Å². The molecule has 1 aromatic heterocycles. The standard InChI is InChI=1S/C21H21N3O5/c1-2-3-20-23-24-21(29-20)14-4-7-16(8-5-14)28-13-19(25)22-15-6-9-17-18(12-15)27-11-10-26-17/h4-9,12H,2-3,10-11,13H2,1H3,(H,22,25). The minimum atomic E-state index is -0.271. The number of carbonyl (C=O) groups excluding carboxylic acids is 1. The topological polar surface area (TPSA) is 95.7 Å². The van der Waals surface area contributed by atoms with Gasteiger partial charge in [-0.05, 0) is 42.8 Å². The first kappa shape index (κ1) is 18.8. The highest BCUT2D eigenvalue weighted by Crippen LogP contribution is 2.32. The van der Waals surface area contributed by atoms with Crippen LogP contribution in [0.5, 0.6) is 17.2 Å². The fraction of sp³-hybridized carbons (Fsp3) is 0.286. The number of ether oxygens (including phenoxy) is 3. The van der Waals surface area contributed by atoms with Gasteiger partial charge in [-0.25, -0.2) is 0 Å². The van der Waals surface area contributed by atoms with Gasteiger partial charge >= 0.3 is 0 Å². The number of fused-ring (bicyclic) bond motifs is 1. The molecule has 0 bridgehead atoms. The second-order valence-corrected chi connectivity index (χ2v) is 6.47. The molecule has 0 saturated heterocycles. The fourth-order valence-corrected chi connectivity index (χ4v) is 2.85. The van der Waals surface area contributed by atoms with Crippen LogP contribution >= 0.6 is 0 Å². The van der Waals surface area contributed by atoms with Gasteiger partial charge in [0.2, 0.25) is 11.8 Å². The zero-order valence-electron chi connectivity index (χ0n) is 16.0. The number of nitrogens with one attached hydrogen (secondary N) is 1. The van der Waals surface area contributed by atoms with Crippen LogP contribution in [0.1, 0.15) is 19.2 Å². The van der Waals surface area contributed by atoms with Crippen molar-refractivity contribution in [2.24, 2.45) is 0 Å². The third kappa shape index (κ3) is 4.66. The van der Waals surface area contributed by atoms with E-state index in [2.05, 4.69) is 22.4 Å². The summed E-state index contributed by atoms with van der Waals surface area (Å²) in [5.41, 5.74) is 1.42. The van der Waals surface area contributed by atoms with Crippen molar-refractivity contribution in [2.45, 2.75) is 19.8 Å². The first-order valence-electron chi connectivity index (χ1n) is 9.46. The maximum atomic E-state index is 12.2. The normalized spacial score (nSPS) is 12.4. The smallest absolute Gasteiger partial charge is 0.262 e. The van der Waals surface area contributed by atoms with Crippen molar-refractivity contribution in [1.29, 1.82) is 0 Å². The lowest BCUT2D eigenvalue weighted by Crippen LogP contribution is -2.20. The Morgan fingerprint density at radius 3 is 2.66 bits per heavy atom. The molecule has 0 atom stereocenters. The SMILES string of the molecule is CCCc1nnc(-c2ccc(OCC(=O)Nc3ccc4c(c3)OCCO4)cc2)o1.